The lowest BCUT2D eigenvalue weighted by molar-refractivity contribution is -0.130. The maximum Gasteiger partial charge on any atom is 0.345 e. The molecule has 1 atom stereocenters. The van der Waals surface area contributed by atoms with Gasteiger partial charge in [0.25, 0.3) is 0 Å². The van der Waals surface area contributed by atoms with Crippen LogP contribution in [0.25, 0.3) is 0 Å². The number of pyridine rings is 1. The zero-order valence-corrected chi connectivity index (χ0v) is 20.4. The summed E-state index contributed by atoms with van der Waals surface area (Å²) in [5, 5.41) is 13.6. The van der Waals surface area contributed by atoms with E-state index >= 15 is 0 Å². The monoisotopic (exact) mass is 511 g/mol. The van der Waals surface area contributed by atoms with Crippen molar-refractivity contribution in [2.45, 2.75) is 63.4 Å². The molecule has 5 N–H and O–H groups in total. The molecule has 1 aliphatic carbocycles. The number of hydrogen-bond donors (Lipinski definition) is 4. The molecule has 1 saturated carbocycles. The highest BCUT2D eigenvalue weighted by molar-refractivity contribution is 5.98. The Hall–Kier alpha value is -3.31. The second-order valence-corrected chi connectivity index (χ2v) is 8.94. The van der Waals surface area contributed by atoms with Gasteiger partial charge in [0.05, 0.1) is 23.8 Å². The molecular weight excluding hydrogens is 472 g/mol. The van der Waals surface area contributed by atoms with Gasteiger partial charge in [0.1, 0.15) is 11.9 Å². The summed E-state index contributed by atoms with van der Waals surface area (Å²) >= 11 is 0. The molecule has 11 heteroatoms. The molecule has 0 spiro atoms. The Morgan fingerprint density at radius 3 is 2.61 bits per heavy atom. The fourth-order valence-electron chi connectivity index (χ4n) is 4.08. The van der Waals surface area contributed by atoms with Crippen molar-refractivity contribution in [2.24, 2.45) is 0 Å². The lowest BCUT2D eigenvalue weighted by Crippen LogP contribution is -2.36. The molecule has 202 valence electrons. The highest BCUT2D eigenvalue weighted by Crippen LogP contribution is 2.32. The van der Waals surface area contributed by atoms with Gasteiger partial charge < -0.3 is 25.3 Å². The molecule has 3 rings (SSSR count). The number of alkyl halides is 2. The largest absolute Gasteiger partial charge is 0.474 e. The number of hydrogen-bond acceptors (Lipinski definition) is 7. The van der Waals surface area contributed by atoms with Crippen LogP contribution in [0.4, 0.5) is 25.1 Å². The molecule has 0 radical (unpaired) electrons. The number of carbonyl (C=O) groups is 1. The van der Waals surface area contributed by atoms with Crippen LogP contribution in [0.1, 0.15) is 60.5 Å². The fourth-order valence-corrected chi connectivity index (χ4v) is 4.08. The van der Waals surface area contributed by atoms with Gasteiger partial charge in [-0.2, -0.15) is 8.78 Å². The Labute approximate surface area is 213 Å². The van der Waals surface area contributed by atoms with Crippen molar-refractivity contribution in [1.29, 1.82) is 5.41 Å². The van der Waals surface area contributed by atoms with Crippen molar-refractivity contribution in [3.8, 4) is 0 Å². The van der Waals surface area contributed by atoms with Crippen LogP contribution in [-0.4, -0.2) is 48.9 Å². The summed E-state index contributed by atoms with van der Waals surface area (Å²) in [5.74, 6) is 0.0934. The lowest BCUT2D eigenvalue weighted by Gasteiger charge is -2.36. The number of nitrogens with two attached hydrogens (primary N) is 1. The summed E-state index contributed by atoms with van der Waals surface area (Å²) in [7, 11) is 1.70. The highest BCUT2D eigenvalue weighted by atomic mass is 19.3. The van der Waals surface area contributed by atoms with E-state index in [4.69, 9.17) is 20.6 Å². The Balaban J connectivity index is 0.00000481. The Kier molecular flexibility index (Phi) is 9.54. The van der Waals surface area contributed by atoms with Crippen molar-refractivity contribution in [2.75, 3.05) is 24.8 Å². The maximum atomic E-state index is 12.6. The van der Waals surface area contributed by atoms with Gasteiger partial charge in [-0.3, -0.25) is 10.7 Å². The fraction of sp³-hybridized carbons (Fsp3) is 0.480. The average molecular weight is 512 g/mol. The Bertz CT molecular complexity index is 1030. The number of urea groups is 1. The van der Waals surface area contributed by atoms with Crippen molar-refractivity contribution < 1.29 is 32.1 Å². The number of halogens is 2. The summed E-state index contributed by atoms with van der Waals surface area (Å²) in [5.41, 5.74) is 7.25. The SMILES string of the molecule is COC1(C)CCC(OC(=N)c2cnc(NC(=O)N[C@H](CCOC(F)F)c3ccccc3)cc2N)CC1.[HH].[HH].[HH]. The zero-order valence-electron chi connectivity index (χ0n) is 20.4. The molecule has 1 heterocycles. The van der Waals surface area contributed by atoms with Gasteiger partial charge in [0.15, 0.2) is 0 Å². The Morgan fingerprint density at radius 1 is 1.31 bits per heavy atom. The summed E-state index contributed by atoms with van der Waals surface area (Å²) in [4.78, 5) is 16.8. The third-order valence-corrected chi connectivity index (χ3v) is 6.35. The summed E-state index contributed by atoms with van der Waals surface area (Å²) in [6.07, 6.45) is 4.63. The smallest absolute Gasteiger partial charge is 0.345 e. The minimum atomic E-state index is -2.88. The minimum absolute atomic E-state index is 0. The zero-order chi connectivity index (χ0) is 26.1. The number of aromatic nitrogens is 1. The molecule has 0 aliphatic heterocycles. The van der Waals surface area contributed by atoms with E-state index in [1.165, 1.54) is 12.3 Å². The van der Waals surface area contributed by atoms with Gasteiger partial charge >= 0.3 is 12.6 Å². The molecule has 2 aromatic rings. The van der Waals surface area contributed by atoms with E-state index in [2.05, 4.69) is 27.3 Å². The van der Waals surface area contributed by atoms with Gasteiger partial charge in [-0.1, -0.05) is 30.3 Å². The van der Waals surface area contributed by atoms with E-state index in [9.17, 15) is 13.6 Å². The predicted molar refractivity (Wildman–Crippen MR) is 138 cm³/mol. The average Bonchev–Trinajstić information content (AvgIpc) is 2.85. The van der Waals surface area contributed by atoms with E-state index in [1.807, 2.05) is 6.07 Å². The molecule has 9 nitrogen and oxygen atoms in total. The van der Waals surface area contributed by atoms with E-state index in [-0.39, 0.29) is 46.4 Å². The molecular formula is C25H39F2N5O4. The van der Waals surface area contributed by atoms with E-state index < -0.39 is 18.7 Å². The molecule has 36 heavy (non-hydrogen) atoms. The van der Waals surface area contributed by atoms with Gasteiger partial charge in [0, 0.05) is 29.3 Å². The first kappa shape index (κ1) is 27.3. The first-order chi connectivity index (χ1) is 17.2. The summed E-state index contributed by atoms with van der Waals surface area (Å²) < 4.78 is 40.4. The van der Waals surface area contributed by atoms with Gasteiger partial charge in [-0.15, -0.1) is 0 Å². The quantitative estimate of drug-likeness (QED) is 0.243. The molecule has 1 fully saturated rings. The standard InChI is InChI=1S/C25H33F2N5O4.3H2/c1-25(34-2)11-8-17(9-12-25)36-22(29)18-15-30-21(14-19(18)28)32-24(33)31-20(10-13-35-23(26)27)16-6-4-3-5-7-16;;;/h3-7,14-15,17,20,23,29H,8-13H2,1-2H3,(H4,28,30,31,32,33);3*1H/t17?,20-,25?;;;/m1.../s1. The van der Waals surface area contributed by atoms with Crippen LogP contribution in [0.2, 0.25) is 0 Å². The van der Waals surface area contributed by atoms with Gasteiger partial charge in [-0.05, 0) is 44.6 Å². The number of anilines is 2. The lowest BCUT2D eigenvalue weighted by atomic mass is 9.84. The first-order valence-electron chi connectivity index (χ1n) is 11.8. The summed E-state index contributed by atoms with van der Waals surface area (Å²) in [6.45, 7) is -1.05. The van der Waals surface area contributed by atoms with Gasteiger partial charge in [0.2, 0.25) is 5.90 Å². The van der Waals surface area contributed by atoms with Crippen molar-refractivity contribution >= 4 is 23.4 Å². The number of benzene rings is 1. The van der Waals surface area contributed by atoms with Crippen LogP contribution in [0.5, 0.6) is 0 Å². The van der Waals surface area contributed by atoms with E-state index in [0.717, 1.165) is 31.2 Å². The second-order valence-electron chi connectivity index (χ2n) is 8.94. The number of ether oxygens (including phenoxy) is 3. The van der Waals surface area contributed by atoms with Crippen LogP contribution in [-0.2, 0) is 14.2 Å². The molecule has 0 saturated heterocycles. The molecule has 0 unspecified atom stereocenters. The number of nitrogens with zero attached hydrogens (tertiary/aromatic N) is 1. The molecule has 1 aromatic carbocycles. The predicted octanol–water partition coefficient (Wildman–Crippen LogP) is 5.58. The number of nitrogen functional groups attached to an aromatic ring is 1. The van der Waals surface area contributed by atoms with Crippen molar-refractivity contribution in [3.63, 3.8) is 0 Å². The number of amides is 2. The van der Waals surface area contributed by atoms with Crippen molar-refractivity contribution in [1.82, 2.24) is 10.3 Å². The molecule has 2 amide bonds. The topological polar surface area (TPSA) is 132 Å². The van der Waals surface area contributed by atoms with E-state index in [1.54, 1.807) is 31.4 Å². The second kappa shape index (κ2) is 12.6. The van der Waals surface area contributed by atoms with Crippen LogP contribution in [0.3, 0.4) is 0 Å². The number of carbonyl (C=O) groups excluding carboxylic acids is 1. The minimum Gasteiger partial charge on any atom is -0.474 e. The van der Waals surface area contributed by atoms with Crippen LogP contribution in [0.15, 0.2) is 42.6 Å². The number of methoxy groups -OCH3 is 1. The summed E-state index contributed by atoms with van der Waals surface area (Å²) in [6, 6.07) is 9.25. The highest BCUT2D eigenvalue weighted by Gasteiger charge is 2.32. The molecule has 0 bridgehead atoms. The van der Waals surface area contributed by atoms with Gasteiger partial charge in [-0.25, -0.2) is 9.78 Å². The maximum absolute atomic E-state index is 12.6. The van der Waals surface area contributed by atoms with Crippen LogP contribution in [0, 0.1) is 5.41 Å². The Morgan fingerprint density at radius 2 is 2.00 bits per heavy atom. The number of rotatable bonds is 10. The third kappa shape index (κ3) is 7.85. The van der Waals surface area contributed by atoms with Crippen LogP contribution < -0.4 is 16.4 Å². The molecule has 1 aromatic heterocycles. The molecule has 1 aliphatic rings. The third-order valence-electron chi connectivity index (χ3n) is 6.35. The number of nitrogens with one attached hydrogen (secondary N) is 3. The van der Waals surface area contributed by atoms with E-state index in [0.29, 0.717) is 5.56 Å². The van der Waals surface area contributed by atoms with Crippen molar-refractivity contribution in [3.05, 3.63) is 53.7 Å². The normalized spacial score (nSPS) is 20.5. The van der Waals surface area contributed by atoms with Crippen LogP contribution >= 0.6 is 0 Å². The first-order valence-corrected chi connectivity index (χ1v) is 11.8.